The van der Waals surface area contributed by atoms with Gasteiger partial charge >= 0.3 is 6.09 Å². The van der Waals surface area contributed by atoms with Crippen molar-refractivity contribution in [3.05, 3.63) is 124 Å². The summed E-state index contributed by atoms with van der Waals surface area (Å²) in [7, 11) is 0. The van der Waals surface area contributed by atoms with Gasteiger partial charge in [-0.25, -0.2) is 4.79 Å². The Morgan fingerprint density at radius 1 is 0.809 bits per heavy atom. The van der Waals surface area contributed by atoms with Gasteiger partial charge in [-0.15, -0.1) is 0 Å². The van der Waals surface area contributed by atoms with Crippen molar-refractivity contribution in [3.63, 3.8) is 0 Å². The Bertz CT molecular complexity index is 1860. The highest BCUT2D eigenvalue weighted by Crippen LogP contribution is 2.29. The number of phenols is 1. The predicted octanol–water partition coefficient (Wildman–Crippen LogP) is 6.12. The summed E-state index contributed by atoms with van der Waals surface area (Å²) in [5, 5.41) is 35.9. The molecule has 5 aromatic rings. The number of hydrogen-bond donors (Lipinski definition) is 6. The van der Waals surface area contributed by atoms with Gasteiger partial charge in [0.05, 0.1) is 18.2 Å². The molecule has 47 heavy (non-hydrogen) atoms. The van der Waals surface area contributed by atoms with Crippen molar-refractivity contribution in [2.75, 3.05) is 19.7 Å². The van der Waals surface area contributed by atoms with E-state index in [4.69, 9.17) is 14.6 Å². The fourth-order valence-corrected chi connectivity index (χ4v) is 5.31. The lowest BCUT2D eigenvalue weighted by Crippen LogP contribution is -2.23. The van der Waals surface area contributed by atoms with Gasteiger partial charge in [0.25, 0.3) is 0 Å². The molecular weight excluding hydrogens is 598 g/mol. The van der Waals surface area contributed by atoms with E-state index in [2.05, 4.69) is 15.6 Å². The van der Waals surface area contributed by atoms with Crippen LogP contribution < -0.4 is 25.7 Å². The van der Waals surface area contributed by atoms with Crippen LogP contribution in [0, 0.1) is 0 Å². The fraction of sp³-hybridized carbons (Fsp3) is 0.243. The largest absolute Gasteiger partial charge is 0.506 e. The Labute approximate surface area is 272 Å². The van der Waals surface area contributed by atoms with Crippen LogP contribution in [0.2, 0.25) is 0 Å². The first-order valence-electron chi connectivity index (χ1n) is 15.6. The highest BCUT2D eigenvalue weighted by Gasteiger charge is 2.13. The fourth-order valence-electron chi connectivity index (χ4n) is 5.31. The zero-order valence-electron chi connectivity index (χ0n) is 25.9. The summed E-state index contributed by atoms with van der Waals surface area (Å²) in [6.45, 7) is 2.32. The van der Waals surface area contributed by atoms with Crippen molar-refractivity contribution in [1.82, 2.24) is 15.6 Å². The number of benzene rings is 4. The van der Waals surface area contributed by atoms with Crippen LogP contribution in [-0.2, 0) is 13.2 Å². The van der Waals surface area contributed by atoms with Crippen LogP contribution >= 0.6 is 0 Å². The van der Waals surface area contributed by atoms with Crippen LogP contribution in [0.25, 0.3) is 22.0 Å². The van der Waals surface area contributed by atoms with E-state index in [1.54, 1.807) is 12.1 Å². The number of hydrogen-bond acceptors (Lipinski definition) is 7. The molecule has 0 aliphatic rings. The van der Waals surface area contributed by atoms with Crippen LogP contribution in [0.4, 0.5) is 4.79 Å². The van der Waals surface area contributed by atoms with E-state index in [1.165, 1.54) is 12.1 Å². The third-order valence-electron chi connectivity index (χ3n) is 7.71. The molecule has 10 heteroatoms. The number of aromatic hydroxyl groups is 1. The smallest absolute Gasteiger partial charge is 0.404 e. The SMILES string of the molecule is O=C(O)NCc1cccc(-c2cccc(OCc3cccc(OCCCCCNCC(O)c4ccc(O)c5[nH]c(=O)ccc45)c3)c2)c1. The number of aromatic nitrogens is 1. The summed E-state index contributed by atoms with van der Waals surface area (Å²) in [5.74, 6) is 1.49. The number of aromatic amines is 1. The predicted molar refractivity (Wildman–Crippen MR) is 181 cm³/mol. The van der Waals surface area contributed by atoms with Gasteiger partial charge in [0.15, 0.2) is 0 Å². The molecule has 0 fully saturated rings. The van der Waals surface area contributed by atoms with E-state index in [1.807, 2.05) is 72.8 Å². The van der Waals surface area contributed by atoms with Crippen molar-refractivity contribution in [3.8, 4) is 28.4 Å². The number of H-pyrrole nitrogens is 1. The molecule has 1 amide bonds. The number of fused-ring (bicyclic) bond motifs is 1. The maximum Gasteiger partial charge on any atom is 0.404 e. The minimum atomic E-state index is -1.05. The maximum atomic E-state index is 11.6. The van der Waals surface area contributed by atoms with Crippen LogP contribution in [0.1, 0.15) is 42.1 Å². The third kappa shape index (κ3) is 9.59. The minimum absolute atomic E-state index is 0.0278. The summed E-state index contributed by atoms with van der Waals surface area (Å²) in [5.41, 5.74) is 4.49. The first kappa shape index (κ1) is 33.1. The molecule has 0 radical (unpaired) electrons. The van der Waals surface area contributed by atoms with E-state index in [-0.39, 0.29) is 17.9 Å². The van der Waals surface area contributed by atoms with Crippen molar-refractivity contribution in [2.45, 2.75) is 38.5 Å². The lowest BCUT2D eigenvalue weighted by atomic mass is 10.0. The molecule has 1 unspecified atom stereocenters. The maximum absolute atomic E-state index is 11.6. The number of ether oxygens (including phenoxy) is 2. The van der Waals surface area contributed by atoms with Crippen LogP contribution in [-0.4, -0.2) is 46.1 Å². The highest BCUT2D eigenvalue weighted by atomic mass is 16.5. The van der Waals surface area contributed by atoms with Crippen molar-refractivity contribution >= 4 is 17.0 Å². The summed E-state index contributed by atoms with van der Waals surface area (Å²) >= 11 is 0. The van der Waals surface area contributed by atoms with Gasteiger partial charge in [-0.05, 0) is 96.1 Å². The zero-order valence-corrected chi connectivity index (χ0v) is 25.9. The Morgan fingerprint density at radius 3 is 2.38 bits per heavy atom. The average molecular weight is 638 g/mol. The van der Waals surface area contributed by atoms with Crippen molar-refractivity contribution in [2.24, 2.45) is 0 Å². The standard InChI is InChI=1S/C37H39N3O7/c41-33-15-13-31(32-14-16-35(43)40-36(32)33)34(42)23-38-17-2-1-3-18-46-29-11-5-8-26(20-29)24-47-30-12-6-10-28(21-30)27-9-4-7-25(19-27)22-39-37(44)45/h4-16,19-21,34,38-39,41-42H,1-3,17-18,22-24H2,(H,40,43)(H,44,45). The highest BCUT2D eigenvalue weighted by molar-refractivity contribution is 5.87. The molecule has 6 N–H and O–H groups in total. The number of aliphatic hydroxyl groups excluding tert-OH is 1. The van der Waals surface area contributed by atoms with Gasteiger partial charge in [0.2, 0.25) is 5.56 Å². The molecular formula is C37H39N3O7. The quantitative estimate of drug-likeness (QED) is 0.0708. The lowest BCUT2D eigenvalue weighted by Gasteiger charge is -2.15. The second-order valence-corrected chi connectivity index (χ2v) is 11.2. The summed E-state index contributed by atoms with van der Waals surface area (Å²) < 4.78 is 12.1. The Morgan fingerprint density at radius 2 is 1.55 bits per heavy atom. The molecule has 0 bridgehead atoms. The number of amides is 1. The molecule has 4 aromatic carbocycles. The van der Waals surface area contributed by atoms with Gasteiger partial charge in [-0.2, -0.15) is 0 Å². The van der Waals surface area contributed by atoms with E-state index in [0.717, 1.165) is 59.6 Å². The molecule has 1 aromatic heterocycles. The molecule has 1 atom stereocenters. The topological polar surface area (TPSA) is 153 Å². The Kier molecular flexibility index (Phi) is 11.5. The minimum Gasteiger partial charge on any atom is -0.506 e. The van der Waals surface area contributed by atoms with Crippen LogP contribution in [0.15, 0.2) is 102 Å². The lowest BCUT2D eigenvalue weighted by molar-refractivity contribution is 0.176. The van der Waals surface area contributed by atoms with Crippen molar-refractivity contribution in [1.29, 1.82) is 0 Å². The Balaban J connectivity index is 1.01. The molecule has 5 rings (SSSR count). The molecule has 0 saturated carbocycles. The molecule has 1 heterocycles. The molecule has 244 valence electrons. The summed E-state index contributed by atoms with van der Waals surface area (Å²) in [4.78, 5) is 25.1. The number of nitrogens with one attached hydrogen (secondary N) is 3. The van der Waals surface area contributed by atoms with Gasteiger partial charge in [0, 0.05) is 24.5 Å². The van der Waals surface area contributed by atoms with Gasteiger partial charge in [-0.3, -0.25) is 4.79 Å². The summed E-state index contributed by atoms with van der Waals surface area (Å²) in [6, 6.07) is 29.6. The molecule has 0 aliphatic heterocycles. The second kappa shape index (κ2) is 16.3. The Hall–Kier alpha value is -5.32. The number of pyridine rings is 1. The normalized spacial score (nSPS) is 11.7. The number of aliphatic hydroxyl groups is 1. The molecule has 0 aliphatic carbocycles. The third-order valence-corrected chi connectivity index (χ3v) is 7.71. The number of rotatable bonds is 16. The van der Waals surface area contributed by atoms with Gasteiger partial charge in [-0.1, -0.05) is 48.5 Å². The van der Waals surface area contributed by atoms with Crippen LogP contribution in [0.5, 0.6) is 17.2 Å². The zero-order chi connectivity index (χ0) is 33.0. The van der Waals surface area contributed by atoms with Gasteiger partial charge in [0.1, 0.15) is 23.9 Å². The number of carbonyl (C=O) groups is 1. The number of carboxylic acid groups (broad SMARTS) is 1. The van der Waals surface area contributed by atoms with E-state index >= 15 is 0 Å². The first-order valence-corrected chi connectivity index (χ1v) is 15.6. The number of phenolic OH excluding ortho intramolecular Hbond substituents is 1. The van der Waals surface area contributed by atoms with E-state index in [9.17, 15) is 19.8 Å². The summed E-state index contributed by atoms with van der Waals surface area (Å²) in [6.07, 6.45) is 0.948. The van der Waals surface area contributed by atoms with E-state index < -0.39 is 12.2 Å². The second-order valence-electron chi connectivity index (χ2n) is 11.2. The molecule has 0 saturated heterocycles. The van der Waals surface area contributed by atoms with Crippen molar-refractivity contribution < 1.29 is 29.6 Å². The monoisotopic (exact) mass is 637 g/mol. The molecule has 0 spiro atoms. The van der Waals surface area contributed by atoms with E-state index in [0.29, 0.717) is 36.2 Å². The van der Waals surface area contributed by atoms with Crippen LogP contribution in [0.3, 0.4) is 0 Å². The van der Waals surface area contributed by atoms with Gasteiger partial charge < -0.3 is 40.4 Å². The number of unbranched alkanes of at least 4 members (excludes halogenated alkanes) is 2. The molecule has 10 nitrogen and oxygen atoms in total. The average Bonchev–Trinajstić information content (AvgIpc) is 3.08. The first-order chi connectivity index (χ1) is 22.9.